The molecule has 0 fully saturated rings. The van der Waals surface area contributed by atoms with Crippen LogP contribution in [0.5, 0.6) is 17.2 Å². The number of hydrogen-bond acceptors (Lipinski definition) is 8. The summed E-state index contributed by atoms with van der Waals surface area (Å²) >= 11 is 1.14. The number of phenols is 1. The van der Waals surface area contributed by atoms with Gasteiger partial charge in [0.25, 0.3) is 11.5 Å². The molecule has 0 radical (unpaired) electrons. The van der Waals surface area contributed by atoms with Crippen molar-refractivity contribution in [2.24, 2.45) is 5.10 Å². The van der Waals surface area contributed by atoms with Crippen LogP contribution in [0.3, 0.4) is 0 Å². The van der Waals surface area contributed by atoms with Gasteiger partial charge in [-0.3, -0.25) is 14.2 Å². The lowest BCUT2D eigenvalue weighted by Crippen LogP contribution is -2.24. The fourth-order valence-corrected chi connectivity index (χ4v) is 4.27. The first-order valence-electron chi connectivity index (χ1n) is 10.9. The van der Waals surface area contributed by atoms with Gasteiger partial charge in [-0.1, -0.05) is 41.6 Å². The number of carbonyl (C=O) groups is 1. The monoisotopic (exact) mass is 504 g/mol. The van der Waals surface area contributed by atoms with Crippen molar-refractivity contribution in [2.45, 2.75) is 12.1 Å². The Hall–Kier alpha value is -4.31. The van der Waals surface area contributed by atoms with E-state index in [0.29, 0.717) is 27.3 Å². The van der Waals surface area contributed by atoms with Gasteiger partial charge in [-0.05, 0) is 43.3 Å². The quantitative estimate of drug-likeness (QED) is 0.163. The van der Waals surface area contributed by atoms with Crippen LogP contribution < -0.4 is 20.5 Å². The molecule has 0 saturated carbocycles. The molecule has 10 heteroatoms. The molecule has 4 aromatic rings. The normalized spacial score (nSPS) is 11.1. The number of hydrazone groups is 1. The number of fused-ring (bicyclic) bond motifs is 1. The van der Waals surface area contributed by atoms with Crippen molar-refractivity contribution < 1.29 is 19.4 Å². The van der Waals surface area contributed by atoms with Gasteiger partial charge in [-0.2, -0.15) is 5.10 Å². The van der Waals surface area contributed by atoms with Crippen LogP contribution in [0, 0.1) is 6.92 Å². The van der Waals surface area contributed by atoms with Crippen molar-refractivity contribution in [3.05, 3.63) is 82.1 Å². The van der Waals surface area contributed by atoms with Crippen LogP contribution in [0.4, 0.5) is 0 Å². The molecule has 1 aromatic heterocycles. The number of ether oxygens (including phenoxy) is 2. The highest BCUT2D eigenvalue weighted by molar-refractivity contribution is 7.99. The molecule has 184 valence electrons. The van der Waals surface area contributed by atoms with Crippen molar-refractivity contribution >= 4 is 34.8 Å². The van der Waals surface area contributed by atoms with Crippen LogP contribution in [0.1, 0.15) is 11.1 Å². The van der Waals surface area contributed by atoms with Crippen molar-refractivity contribution in [1.82, 2.24) is 15.0 Å². The van der Waals surface area contributed by atoms with Crippen LogP contribution in [0.25, 0.3) is 16.6 Å². The molecule has 0 unspecified atom stereocenters. The molecule has 1 heterocycles. The standard InChI is InChI=1S/C26H24N4O5S/c1-16-8-10-18(11-9-16)30-25(33)19-6-4-5-7-20(19)28-26(30)36-15-23(31)29-27-14-17-12-21(34-2)24(32)22(13-17)35-3/h4-14,32H,15H2,1-3H3,(H,29,31)/b27-14-. The van der Waals surface area contributed by atoms with E-state index in [2.05, 4.69) is 15.5 Å². The Morgan fingerprint density at radius 1 is 1.11 bits per heavy atom. The van der Waals surface area contributed by atoms with E-state index in [4.69, 9.17) is 9.47 Å². The highest BCUT2D eigenvalue weighted by Gasteiger charge is 2.15. The van der Waals surface area contributed by atoms with Gasteiger partial charge < -0.3 is 14.6 Å². The Bertz CT molecular complexity index is 1470. The molecule has 2 N–H and O–H groups in total. The summed E-state index contributed by atoms with van der Waals surface area (Å²) < 4.78 is 11.8. The molecule has 0 saturated heterocycles. The lowest BCUT2D eigenvalue weighted by Gasteiger charge is -2.13. The number of methoxy groups -OCH3 is 2. The summed E-state index contributed by atoms with van der Waals surface area (Å²) in [4.78, 5) is 30.4. The average molecular weight is 505 g/mol. The Morgan fingerprint density at radius 3 is 2.44 bits per heavy atom. The van der Waals surface area contributed by atoms with Gasteiger partial charge in [-0.15, -0.1) is 0 Å². The number of aromatic nitrogens is 2. The number of nitrogens with zero attached hydrogens (tertiary/aromatic N) is 3. The molecule has 0 bridgehead atoms. The van der Waals surface area contributed by atoms with Gasteiger partial charge in [0.2, 0.25) is 5.75 Å². The van der Waals surface area contributed by atoms with E-state index in [-0.39, 0.29) is 34.5 Å². The Morgan fingerprint density at radius 2 is 1.78 bits per heavy atom. The third kappa shape index (κ3) is 5.33. The van der Waals surface area contributed by atoms with Gasteiger partial charge in [0.05, 0.1) is 42.8 Å². The summed E-state index contributed by atoms with van der Waals surface area (Å²) in [7, 11) is 2.84. The molecule has 36 heavy (non-hydrogen) atoms. The smallest absolute Gasteiger partial charge is 0.266 e. The van der Waals surface area contributed by atoms with E-state index in [0.717, 1.165) is 17.3 Å². The maximum Gasteiger partial charge on any atom is 0.266 e. The SMILES string of the molecule is COc1cc(/C=N\NC(=O)CSc2nc3ccccc3c(=O)n2-c2ccc(C)cc2)cc(OC)c1O. The lowest BCUT2D eigenvalue weighted by atomic mass is 10.2. The fourth-order valence-electron chi connectivity index (χ4n) is 3.46. The van der Waals surface area contributed by atoms with E-state index in [1.807, 2.05) is 37.3 Å². The number of para-hydroxylation sites is 1. The second kappa shape index (κ2) is 11.0. The van der Waals surface area contributed by atoms with Crippen molar-refractivity contribution in [3.63, 3.8) is 0 Å². The van der Waals surface area contributed by atoms with E-state index in [9.17, 15) is 14.7 Å². The summed E-state index contributed by atoms with van der Waals surface area (Å²) in [5, 5.41) is 14.9. The molecule has 3 aromatic carbocycles. The summed E-state index contributed by atoms with van der Waals surface area (Å²) in [5.74, 6) is -0.0916. The summed E-state index contributed by atoms with van der Waals surface area (Å²) in [6.07, 6.45) is 1.41. The number of hydrogen-bond donors (Lipinski definition) is 2. The molecule has 0 spiro atoms. The second-order valence-electron chi connectivity index (χ2n) is 7.74. The first-order chi connectivity index (χ1) is 17.4. The van der Waals surface area contributed by atoms with Gasteiger partial charge in [0, 0.05) is 5.56 Å². The Labute approximate surface area is 211 Å². The third-order valence-corrected chi connectivity index (χ3v) is 6.21. The minimum atomic E-state index is -0.383. The highest BCUT2D eigenvalue weighted by atomic mass is 32.2. The number of phenolic OH excluding ortho intramolecular Hbond substituents is 1. The van der Waals surface area contributed by atoms with E-state index >= 15 is 0 Å². The van der Waals surface area contributed by atoms with Crippen LogP contribution in [0.15, 0.2) is 75.7 Å². The van der Waals surface area contributed by atoms with Gasteiger partial charge in [-0.25, -0.2) is 10.4 Å². The largest absolute Gasteiger partial charge is 0.502 e. The summed E-state index contributed by atoms with van der Waals surface area (Å²) in [6.45, 7) is 1.97. The van der Waals surface area contributed by atoms with Crippen LogP contribution in [-0.2, 0) is 4.79 Å². The summed E-state index contributed by atoms with van der Waals surface area (Å²) in [6, 6.07) is 17.8. The molecule has 4 rings (SSSR count). The average Bonchev–Trinajstić information content (AvgIpc) is 2.89. The minimum Gasteiger partial charge on any atom is -0.502 e. The number of amides is 1. The number of benzene rings is 3. The molecule has 0 atom stereocenters. The van der Waals surface area contributed by atoms with Gasteiger partial charge in [0.1, 0.15) is 0 Å². The molecular formula is C26H24N4O5S. The lowest BCUT2D eigenvalue weighted by molar-refractivity contribution is -0.118. The van der Waals surface area contributed by atoms with Crippen molar-refractivity contribution in [2.75, 3.05) is 20.0 Å². The fraction of sp³-hybridized carbons (Fsp3) is 0.154. The van der Waals surface area contributed by atoms with Gasteiger partial charge >= 0.3 is 0 Å². The zero-order chi connectivity index (χ0) is 25.7. The second-order valence-corrected chi connectivity index (χ2v) is 8.69. The number of aryl methyl sites for hydroxylation is 1. The number of nitrogens with one attached hydrogen (secondary N) is 1. The van der Waals surface area contributed by atoms with Gasteiger partial charge in [0.15, 0.2) is 16.7 Å². The van der Waals surface area contributed by atoms with E-state index in [1.54, 1.807) is 30.3 Å². The predicted octanol–water partition coefficient (Wildman–Crippen LogP) is 3.66. The Kier molecular flexibility index (Phi) is 7.55. The number of thioether (sulfide) groups is 1. The van der Waals surface area contributed by atoms with Crippen LogP contribution in [0.2, 0.25) is 0 Å². The molecule has 1 amide bonds. The Balaban J connectivity index is 1.53. The zero-order valence-electron chi connectivity index (χ0n) is 19.9. The summed E-state index contributed by atoms with van der Waals surface area (Å²) in [5.41, 5.74) is 5.10. The molecule has 0 aliphatic carbocycles. The van der Waals surface area contributed by atoms with Crippen molar-refractivity contribution in [3.8, 4) is 22.9 Å². The first kappa shape index (κ1) is 24.8. The number of aromatic hydroxyl groups is 1. The maximum atomic E-state index is 13.3. The molecular weight excluding hydrogens is 480 g/mol. The first-order valence-corrected chi connectivity index (χ1v) is 11.9. The number of rotatable bonds is 8. The van der Waals surface area contributed by atoms with Crippen molar-refractivity contribution in [1.29, 1.82) is 0 Å². The van der Waals surface area contributed by atoms with E-state index in [1.165, 1.54) is 25.0 Å². The molecule has 9 nitrogen and oxygen atoms in total. The predicted molar refractivity (Wildman–Crippen MR) is 140 cm³/mol. The molecule has 0 aliphatic rings. The zero-order valence-corrected chi connectivity index (χ0v) is 20.7. The minimum absolute atomic E-state index is 0.0177. The highest BCUT2D eigenvalue weighted by Crippen LogP contribution is 2.36. The van der Waals surface area contributed by atoms with Crippen LogP contribution in [-0.4, -0.2) is 46.8 Å². The van der Waals surface area contributed by atoms with E-state index < -0.39 is 0 Å². The molecule has 0 aliphatic heterocycles. The third-order valence-electron chi connectivity index (χ3n) is 5.27. The maximum absolute atomic E-state index is 13.3. The number of carbonyl (C=O) groups excluding carboxylic acids is 1. The topological polar surface area (TPSA) is 115 Å². The van der Waals surface area contributed by atoms with Crippen LogP contribution >= 0.6 is 11.8 Å².